The van der Waals surface area contributed by atoms with Crippen LogP contribution in [0.5, 0.6) is 0 Å². The highest BCUT2D eigenvalue weighted by Gasteiger charge is 2.23. The van der Waals surface area contributed by atoms with E-state index in [1.165, 1.54) is 48.1 Å². The van der Waals surface area contributed by atoms with Gasteiger partial charge in [-0.15, -0.1) is 11.3 Å². The Bertz CT molecular complexity index is 3540. The first-order valence-electron chi connectivity index (χ1n) is 18.9. The van der Waals surface area contributed by atoms with Gasteiger partial charge in [0.1, 0.15) is 11.2 Å². The third kappa shape index (κ3) is 4.76. The average Bonchev–Trinajstić information content (AvgIpc) is 3.85. The fourth-order valence-corrected chi connectivity index (χ4v) is 9.77. The number of hydrogen-bond acceptors (Lipinski definition) is 4. The van der Waals surface area contributed by atoms with Crippen molar-refractivity contribution in [3.05, 3.63) is 182 Å². The van der Waals surface area contributed by atoms with E-state index in [0.29, 0.717) is 5.82 Å². The van der Waals surface area contributed by atoms with E-state index in [2.05, 4.69) is 176 Å². The van der Waals surface area contributed by atoms with E-state index in [4.69, 9.17) is 14.4 Å². The molecule has 0 atom stereocenters. The molecular formula is C52H30N2OS. The number of hydrogen-bond donors (Lipinski definition) is 0. The second-order valence-corrected chi connectivity index (χ2v) is 15.5. The number of furan rings is 1. The third-order valence-electron chi connectivity index (χ3n) is 11.3. The van der Waals surface area contributed by atoms with Crippen LogP contribution >= 0.6 is 11.3 Å². The molecule has 3 nitrogen and oxygen atoms in total. The van der Waals surface area contributed by atoms with Crippen molar-refractivity contribution >= 4 is 85.9 Å². The van der Waals surface area contributed by atoms with Gasteiger partial charge in [0, 0.05) is 37.5 Å². The van der Waals surface area contributed by atoms with Gasteiger partial charge >= 0.3 is 0 Å². The van der Waals surface area contributed by atoms with Gasteiger partial charge in [0.15, 0.2) is 5.82 Å². The van der Waals surface area contributed by atoms with Crippen molar-refractivity contribution in [2.24, 2.45) is 0 Å². The summed E-state index contributed by atoms with van der Waals surface area (Å²) in [6.45, 7) is 0. The van der Waals surface area contributed by atoms with Gasteiger partial charge in [0.25, 0.3) is 0 Å². The molecule has 0 bridgehead atoms. The Morgan fingerprint density at radius 2 is 1.07 bits per heavy atom. The Morgan fingerprint density at radius 1 is 0.411 bits per heavy atom. The first kappa shape index (κ1) is 31.2. The summed E-state index contributed by atoms with van der Waals surface area (Å²) in [5, 5.41) is 10.4. The van der Waals surface area contributed by atoms with E-state index in [9.17, 15) is 0 Å². The Morgan fingerprint density at radius 3 is 1.93 bits per heavy atom. The van der Waals surface area contributed by atoms with Gasteiger partial charge in [-0.1, -0.05) is 140 Å². The molecule has 0 radical (unpaired) electrons. The minimum Gasteiger partial charge on any atom is -0.455 e. The lowest BCUT2D eigenvalue weighted by molar-refractivity contribution is 0.670. The molecule has 0 saturated carbocycles. The number of para-hydroxylation sites is 1. The highest BCUT2D eigenvalue weighted by atomic mass is 32.1. The third-order valence-corrected chi connectivity index (χ3v) is 12.4. The Balaban J connectivity index is 1.11. The van der Waals surface area contributed by atoms with Gasteiger partial charge in [0.2, 0.25) is 0 Å². The van der Waals surface area contributed by atoms with Crippen molar-refractivity contribution in [1.82, 2.24) is 9.97 Å². The van der Waals surface area contributed by atoms with Gasteiger partial charge in [-0.2, -0.15) is 0 Å². The zero-order valence-electron chi connectivity index (χ0n) is 30.0. The van der Waals surface area contributed by atoms with Crippen molar-refractivity contribution in [3.8, 4) is 44.9 Å². The van der Waals surface area contributed by atoms with Crippen molar-refractivity contribution in [2.75, 3.05) is 0 Å². The molecule has 0 unspecified atom stereocenters. The molecule has 0 saturated heterocycles. The van der Waals surface area contributed by atoms with Crippen LogP contribution in [0.15, 0.2) is 186 Å². The topological polar surface area (TPSA) is 38.9 Å². The summed E-state index contributed by atoms with van der Waals surface area (Å²) in [4.78, 5) is 10.9. The quantitative estimate of drug-likeness (QED) is 0.169. The maximum atomic E-state index is 6.85. The molecule has 3 aromatic heterocycles. The summed E-state index contributed by atoms with van der Waals surface area (Å²) >= 11 is 1.76. The minimum atomic E-state index is 0.682. The lowest BCUT2D eigenvalue weighted by Gasteiger charge is -2.13. The molecule has 4 heteroatoms. The van der Waals surface area contributed by atoms with Crippen LogP contribution < -0.4 is 0 Å². The van der Waals surface area contributed by atoms with Crippen LogP contribution in [0.3, 0.4) is 0 Å². The van der Waals surface area contributed by atoms with Crippen LogP contribution in [0.2, 0.25) is 0 Å². The standard InChI is InChI=1S/C52H30N2OS/c1-2-12-31(13-3-1)32-22-23-34-29-36(25-24-33(34)28-32)48-51-49(42-19-9-11-21-46(42)56-51)54-52(53-48)43-27-26-40(50-47(43)41-18-8-10-20-45(41)55-50)44-30-35-14-4-5-15-37(35)38-16-6-7-17-39(38)44/h1-30H. The van der Waals surface area contributed by atoms with Crippen LogP contribution in [0.25, 0.3) is 119 Å². The van der Waals surface area contributed by atoms with Gasteiger partial charge in [0.05, 0.1) is 15.9 Å². The molecule has 260 valence electrons. The van der Waals surface area contributed by atoms with Gasteiger partial charge in [-0.25, -0.2) is 9.97 Å². The zero-order valence-corrected chi connectivity index (χ0v) is 30.8. The molecule has 12 aromatic rings. The van der Waals surface area contributed by atoms with E-state index in [-0.39, 0.29) is 0 Å². The Labute approximate surface area is 325 Å². The SMILES string of the molecule is c1ccc(-c2ccc3cc(-c4nc(-c5ccc(-c6cc7ccccc7c7ccccc67)c6oc7ccccc7c56)nc5c4sc4ccccc45)ccc3c2)cc1. The average molecular weight is 731 g/mol. The molecule has 56 heavy (non-hydrogen) atoms. The summed E-state index contributed by atoms with van der Waals surface area (Å²) in [7, 11) is 0. The van der Waals surface area contributed by atoms with Crippen LogP contribution in [-0.2, 0) is 0 Å². The normalized spacial score (nSPS) is 11.9. The Kier molecular flexibility index (Phi) is 6.80. The van der Waals surface area contributed by atoms with Crippen molar-refractivity contribution in [3.63, 3.8) is 0 Å². The van der Waals surface area contributed by atoms with Gasteiger partial charge in [-0.05, 0) is 91.5 Å². The number of benzene rings is 9. The van der Waals surface area contributed by atoms with E-state index in [1.807, 2.05) is 6.07 Å². The summed E-state index contributed by atoms with van der Waals surface area (Å²) in [6.07, 6.45) is 0. The maximum absolute atomic E-state index is 6.85. The molecule has 12 rings (SSSR count). The molecule has 0 aliphatic rings. The molecule has 0 fully saturated rings. The maximum Gasteiger partial charge on any atom is 0.161 e. The van der Waals surface area contributed by atoms with Crippen molar-refractivity contribution < 1.29 is 4.42 Å². The molecule has 3 heterocycles. The molecule has 0 spiro atoms. The van der Waals surface area contributed by atoms with Crippen molar-refractivity contribution in [2.45, 2.75) is 0 Å². The van der Waals surface area contributed by atoms with E-state index in [1.54, 1.807) is 11.3 Å². The van der Waals surface area contributed by atoms with Gasteiger partial charge in [-0.3, -0.25) is 0 Å². The monoisotopic (exact) mass is 730 g/mol. The predicted octanol–water partition coefficient (Wildman–Crippen LogP) is 14.9. The molecule has 0 aliphatic heterocycles. The number of rotatable bonds is 4. The zero-order chi connectivity index (χ0) is 36.7. The van der Waals surface area contributed by atoms with Crippen LogP contribution in [-0.4, -0.2) is 9.97 Å². The van der Waals surface area contributed by atoms with E-state index < -0.39 is 0 Å². The second-order valence-electron chi connectivity index (χ2n) is 14.5. The van der Waals surface area contributed by atoms with E-state index in [0.717, 1.165) is 65.5 Å². The fraction of sp³-hybridized carbons (Fsp3) is 0. The molecule has 0 amide bonds. The number of fused-ring (bicyclic) bond motifs is 10. The fourth-order valence-electron chi connectivity index (χ4n) is 8.61. The first-order valence-corrected chi connectivity index (χ1v) is 19.7. The molecule has 0 N–H and O–H groups in total. The number of thiophene rings is 1. The van der Waals surface area contributed by atoms with Crippen LogP contribution in [0, 0.1) is 0 Å². The van der Waals surface area contributed by atoms with Crippen LogP contribution in [0.4, 0.5) is 0 Å². The van der Waals surface area contributed by atoms with Crippen molar-refractivity contribution in [1.29, 1.82) is 0 Å². The Hall–Kier alpha value is -7.14. The summed E-state index contributed by atoms with van der Waals surface area (Å²) in [5.41, 5.74) is 10.2. The minimum absolute atomic E-state index is 0.682. The lowest BCUT2D eigenvalue weighted by Crippen LogP contribution is -1.95. The molecule has 0 aliphatic carbocycles. The lowest BCUT2D eigenvalue weighted by atomic mass is 9.91. The number of aromatic nitrogens is 2. The summed E-state index contributed by atoms with van der Waals surface area (Å²) in [6, 6.07) is 64.9. The van der Waals surface area contributed by atoms with E-state index >= 15 is 0 Å². The second kappa shape index (κ2) is 12.2. The highest BCUT2D eigenvalue weighted by Crippen LogP contribution is 2.46. The van der Waals surface area contributed by atoms with Gasteiger partial charge < -0.3 is 4.42 Å². The number of nitrogens with zero attached hydrogens (tertiary/aromatic N) is 2. The smallest absolute Gasteiger partial charge is 0.161 e. The summed E-state index contributed by atoms with van der Waals surface area (Å²) in [5.74, 6) is 0.682. The summed E-state index contributed by atoms with van der Waals surface area (Å²) < 4.78 is 9.14. The largest absolute Gasteiger partial charge is 0.455 e. The molecular weight excluding hydrogens is 701 g/mol. The molecule has 9 aromatic carbocycles. The van der Waals surface area contributed by atoms with Crippen LogP contribution in [0.1, 0.15) is 0 Å². The first-order chi connectivity index (χ1) is 27.7. The predicted molar refractivity (Wildman–Crippen MR) is 236 cm³/mol. The highest BCUT2D eigenvalue weighted by molar-refractivity contribution is 7.26.